The second-order valence-corrected chi connectivity index (χ2v) is 10.3. The van der Waals surface area contributed by atoms with E-state index in [0.29, 0.717) is 11.1 Å². The number of aryl methyl sites for hydroxylation is 1. The number of hydrogen-bond donors (Lipinski definition) is 2. The first-order valence-corrected chi connectivity index (χ1v) is 14.6. The van der Waals surface area contributed by atoms with Gasteiger partial charge in [0.15, 0.2) is 11.5 Å². The van der Waals surface area contributed by atoms with Crippen molar-refractivity contribution in [3.8, 4) is 39.5 Å². The standard InChI is InChI=1S/C38H34O8/c1-4-5-27-6-11-29(12-7-27)30-13-8-28(9-14-30)10-21-36(41)45-35-22-32(17-20-34(35)46-38(43)26(3)24-40)31-15-18-33(19-16-31)44-37(42)25(2)23-39/h6-22,39-40H,2-5,23-24H2,1H3/b21-10+. The third kappa shape index (κ3) is 8.98. The van der Waals surface area contributed by atoms with Gasteiger partial charge in [0.2, 0.25) is 0 Å². The molecule has 234 valence electrons. The Kier molecular flexibility index (Phi) is 11.6. The molecule has 0 aliphatic rings. The van der Waals surface area contributed by atoms with Crippen LogP contribution in [-0.4, -0.2) is 41.3 Å². The summed E-state index contributed by atoms with van der Waals surface area (Å²) in [6.45, 7) is 7.95. The quantitative estimate of drug-likeness (QED) is 0.0990. The monoisotopic (exact) mass is 618 g/mol. The van der Waals surface area contributed by atoms with E-state index in [4.69, 9.17) is 19.3 Å². The largest absolute Gasteiger partial charge is 0.423 e. The number of aliphatic hydroxyl groups excluding tert-OH is 2. The second kappa shape index (κ2) is 15.9. The van der Waals surface area contributed by atoms with E-state index in [1.165, 1.54) is 23.8 Å². The van der Waals surface area contributed by atoms with E-state index < -0.39 is 31.1 Å². The third-order valence-electron chi connectivity index (χ3n) is 6.86. The maximum atomic E-state index is 12.9. The molecule has 0 atom stereocenters. The zero-order valence-corrected chi connectivity index (χ0v) is 25.4. The van der Waals surface area contributed by atoms with Gasteiger partial charge in [0.1, 0.15) is 5.75 Å². The molecule has 0 heterocycles. The van der Waals surface area contributed by atoms with Crippen LogP contribution >= 0.6 is 0 Å². The Morgan fingerprint density at radius 3 is 1.76 bits per heavy atom. The molecule has 46 heavy (non-hydrogen) atoms. The van der Waals surface area contributed by atoms with Gasteiger partial charge in [0.25, 0.3) is 0 Å². The van der Waals surface area contributed by atoms with Crippen LogP contribution in [0.2, 0.25) is 0 Å². The fourth-order valence-corrected chi connectivity index (χ4v) is 4.29. The lowest BCUT2D eigenvalue weighted by atomic mass is 10.0. The number of hydrogen-bond acceptors (Lipinski definition) is 8. The highest BCUT2D eigenvalue weighted by Crippen LogP contribution is 2.34. The first kappa shape index (κ1) is 33.3. The van der Waals surface area contributed by atoms with E-state index in [-0.39, 0.29) is 28.4 Å². The molecule has 0 saturated carbocycles. The van der Waals surface area contributed by atoms with Crippen LogP contribution in [0.1, 0.15) is 24.5 Å². The fourth-order valence-electron chi connectivity index (χ4n) is 4.29. The minimum absolute atomic E-state index is 0.0390. The van der Waals surface area contributed by atoms with Crippen LogP contribution in [0.4, 0.5) is 0 Å². The van der Waals surface area contributed by atoms with E-state index in [1.807, 2.05) is 24.3 Å². The Morgan fingerprint density at radius 1 is 0.652 bits per heavy atom. The van der Waals surface area contributed by atoms with Gasteiger partial charge in [-0.15, -0.1) is 0 Å². The zero-order chi connectivity index (χ0) is 33.1. The number of esters is 3. The molecule has 0 spiro atoms. The summed E-state index contributed by atoms with van der Waals surface area (Å²) in [4.78, 5) is 37.1. The highest BCUT2D eigenvalue weighted by atomic mass is 16.6. The Hall–Kier alpha value is -5.57. The molecule has 0 amide bonds. The Balaban J connectivity index is 1.51. The summed E-state index contributed by atoms with van der Waals surface area (Å²) < 4.78 is 16.1. The molecule has 2 N–H and O–H groups in total. The molecule has 4 aromatic carbocycles. The molecule has 0 fully saturated rings. The fraction of sp³-hybridized carbons (Fsp3) is 0.132. The van der Waals surface area contributed by atoms with Gasteiger partial charge < -0.3 is 24.4 Å². The van der Waals surface area contributed by atoms with Crippen molar-refractivity contribution in [3.05, 3.63) is 133 Å². The molecule has 0 saturated heterocycles. The summed E-state index contributed by atoms with van der Waals surface area (Å²) in [5.74, 6) is -2.18. The van der Waals surface area contributed by atoms with Crippen LogP contribution in [0.15, 0.2) is 121 Å². The van der Waals surface area contributed by atoms with Gasteiger partial charge in [-0.25, -0.2) is 14.4 Å². The molecule has 4 aromatic rings. The van der Waals surface area contributed by atoms with Crippen molar-refractivity contribution in [2.75, 3.05) is 13.2 Å². The van der Waals surface area contributed by atoms with E-state index in [2.05, 4.69) is 44.3 Å². The average Bonchev–Trinajstić information content (AvgIpc) is 3.08. The lowest BCUT2D eigenvalue weighted by Crippen LogP contribution is -2.14. The number of aliphatic hydroxyl groups is 2. The van der Waals surface area contributed by atoms with Crippen LogP contribution < -0.4 is 14.2 Å². The summed E-state index contributed by atoms with van der Waals surface area (Å²) in [7, 11) is 0. The maximum Gasteiger partial charge on any atom is 0.341 e. The molecular weight excluding hydrogens is 584 g/mol. The van der Waals surface area contributed by atoms with Crippen molar-refractivity contribution in [1.29, 1.82) is 0 Å². The second-order valence-electron chi connectivity index (χ2n) is 10.3. The zero-order valence-electron chi connectivity index (χ0n) is 25.4. The number of carbonyl (C=O) groups excluding carboxylic acids is 3. The first-order valence-electron chi connectivity index (χ1n) is 14.6. The smallest absolute Gasteiger partial charge is 0.341 e. The molecule has 0 aliphatic heterocycles. The van der Waals surface area contributed by atoms with E-state index in [9.17, 15) is 19.5 Å². The van der Waals surface area contributed by atoms with Gasteiger partial charge in [-0.3, -0.25) is 0 Å². The number of ether oxygens (including phenoxy) is 3. The summed E-state index contributed by atoms with van der Waals surface area (Å²) in [5.41, 5.74) is 5.26. The van der Waals surface area contributed by atoms with Crippen molar-refractivity contribution in [3.63, 3.8) is 0 Å². The van der Waals surface area contributed by atoms with Crippen molar-refractivity contribution in [1.82, 2.24) is 0 Å². The number of carbonyl (C=O) groups is 3. The molecule has 0 aromatic heterocycles. The van der Waals surface area contributed by atoms with Gasteiger partial charge >= 0.3 is 17.9 Å². The molecule has 8 nitrogen and oxygen atoms in total. The first-order chi connectivity index (χ1) is 22.2. The van der Waals surface area contributed by atoms with Crippen LogP contribution in [0.3, 0.4) is 0 Å². The Labute approximate surface area is 267 Å². The Bertz CT molecular complexity index is 1750. The average molecular weight is 619 g/mol. The summed E-state index contributed by atoms with van der Waals surface area (Å²) >= 11 is 0. The maximum absolute atomic E-state index is 12.9. The van der Waals surface area contributed by atoms with Gasteiger partial charge in [0.05, 0.1) is 24.4 Å². The lowest BCUT2D eigenvalue weighted by Gasteiger charge is -2.12. The van der Waals surface area contributed by atoms with Gasteiger partial charge in [-0.2, -0.15) is 0 Å². The predicted molar refractivity (Wildman–Crippen MR) is 176 cm³/mol. The molecule has 0 bridgehead atoms. The van der Waals surface area contributed by atoms with Crippen molar-refractivity contribution in [2.45, 2.75) is 19.8 Å². The lowest BCUT2D eigenvalue weighted by molar-refractivity contribution is -0.132. The molecule has 0 aliphatic carbocycles. The van der Waals surface area contributed by atoms with Gasteiger partial charge in [-0.1, -0.05) is 93.2 Å². The minimum Gasteiger partial charge on any atom is -0.423 e. The van der Waals surface area contributed by atoms with Crippen LogP contribution in [-0.2, 0) is 20.8 Å². The molecule has 8 heteroatoms. The molecule has 4 rings (SSSR count). The molecular formula is C38H34O8. The van der Waals surface area contributed by atoms with Crippen molar-refractivity contribution >= 4 is 24.0 Å². The number of rotatable bonds is 13. The molecule has 0 radical (unpaired) electrons. The van der Waals surface area contributed by atoms with Gasteiger partial charge in [-0.05, 0) is 70.1 Å². The topological polar surface area (TPSA) is 119 Å². The summed E-state index contributed by atoms with van der Waals surface area (Å²) in [6.07, 6.45) is 5.02. The van der Waals surface area contributed by atoms with Crippen molar-refractivity contribution in [2.24, 2.45) is 0 Å². The Morgan fingerprint density at radius 2 is 1.17 bits per heavy atom. The van der Waals surface area contributed by atoms with E-state index >= 15 is 0 Å². The third-order valence-corrected chi connectivity index (χ3v) is 6.86. The highest BCUT2D eigenvalue weighted by molar-refractivity contribution is 5.92. The SMILES string of the molecule is C=C(CO)C(=O)Oc1ccc(-c2ccc(OC(=O)C(=C)CO)c(OC(=O)/C=C/c3ccc(-c4ccc(CCC)cc4)cc3)c2)cc1. The highest BCUT2D eigenvalue weighted by Gasteiger charge is 2.17. The van der Waals surface area contributed by atoms with Gasteiger partial charge in [0, 0.05) is 6.08 Å². The van der Waals surface area contributed by atoms with E-state index in [1.54, 1.807) is 36.4 Å². The van der Waals surface area contributed by atoms with Crippen LogP contribution in [0.5, 0.6) is 17.2 Å². The summed E-state index contributed by atoms with van der Waals surface area (Å²) in [5, 5.41) is 18.3. The molecule has 0 unspecified atom stereocenters. The minimum atomic E-state index is -0.876. The van der Waals surface area contributed by atoms with Crippen LogP contribution in [0, 0.1) is 0 Å². The predicted octanol–water partition coefficient (Wildman–Crippen LogP) is 6.50. The van der Waals surface area contributed by atoms with Crippen LogP contribution in [0.25, 0.3) is 28.3 Å². The van der Waals surface area contributed by atoms with E-state index in [0.717, 1.165) is 29.5 Å². The normalized spacial score (nSPS) is 10.8. The number of benzene rings is 4. The summed E-state index contributed by atoms with van der Waals surface area (Å²) in [6, 6.07) is 27.3. The van der Waals surface area contributed by atoms with Crippen molar-refractivity contribution < 1.29 is 38.8 Å².